The van der Waals surface area contributed by atoms with E-state index in [0.717, 1.165) is 24.5 Å². The molecule has 0 bridgehead atoms. The van der Waals surface area contributed by atoms with E-state index < -0.39 is 0 Å². The number of nitrogens with zero attached hydrogens (tertiary/aromatic N) is 2. The number of halogens is 1. The molecule has 5 heteroatoms. The number of aromatic nitrogens is 2. The van der Waals surface area contributed by atoms with E-state index in [4.69, 9.17) is 16.3 Å². The van der Waals surface area contributed by atoms with E-state index in [1.807, 2.05) is 0 Å². The van der Waals surface area contributed by atoms with Gasteiger partial charge in [0, 0.05) is 6.61 Å². The number of ether oxygens (including phenoxy) is 1. The van der Waals surface area contributed by atoms with Crippen LogP contribution in [0.1, 0.15) is 24.8 Å². The van der Waals surface area contributed by atoms with Crippen LogP contribution in [0.15, 0.2) is 0 Å². The van der Waals surface area contributed by atoms with Gasteiger partial charge in [0.15, 0.2) is 0 Å². The van der Waals surface area contributed by atoms with Crippen molar-refractivity contribution in [1.29, 1.82) is 0 Å². The van der Waals surface area contributed by atoms with Gasteiger partial charge in [-0.25, -0.2) is 0 Å². The number of hydrogen-bond acceptors (Lipinski definition) is 4. The average molecular weight is 207 g/mol. The van der Waals surface area contributed by atoms with E-state index in [0.29, 0.717) is 11.1 Å². The van der Waals surface area contributed by atoms with Crippen molar-refractivity contribution in [3.05, 3.63) is 9.47 Å². The smallest absolute Gasteiger partial charge is 0.207 e. The summed E-state index contributed by atoms with van der Waals surface area (Å²) in [5.74, 6) is 0. The summed E-state index contributed by atoms with van der Waals surface area (Å²) in [6, 6.07) is 0. The first-order valence-corrected chi connectivity index (χ1v) is 5.08. The molecule has 0 radical (unpaired) electrons. The Morgan fingerprint density at radius 3 is 2.92 bits per heavy atom. The van der Waals surface area contributed by atoms with E-state index in [1.165, 1.54) is 11.3 Å². The van der Waals surface area contributed by atoms with Gasteiger partial charge in [-0.05, 0) is 18.0 Å². The lowest BCUT2D eigenvalue weighted by Gasteiger charge is -1.97. The standard InChI is InChI=1S/C7H11ClN2OS/c1-2-3-4-11-5-6-9-10-7(8)12-6/h2-5H2,1H3. The highest BCUT2D eigenvalue weighted by Crippen LogP contribution is 2.15. The summed E-state index contributed by atoms with van der Waals surface area (Å²) < 4.78 is 5.80. The van der Waals surface area contributed by atoms with Crippen molar-refractivity contribution in [3.63, 3.8) is 0 Å². The van der Waals surface area contributed by atoms with Gasteiger partial charge in [0.05, 0.1) is 0 Å². The van der Waals surface area contributed by atoms with Gasteiger partial charge < -0.3 is 4.74 Å². The van der Waals surface area contributed by atoms with Crippen molar-refractivity contribution in [1.82, 2.24) is 10.2 Å². The van der Waals surface area contributed by atoms with Crippen LogP contribution in [0.4, 0.5) is 0 Å². The van der Waals surface area contributed by atoms with Crippen molar-refractivity contribution in [2.45, 2.75) is 26.4 Å². The monoisotopic (exact) mass is 206 g/mol. The van der Waals surface area contributed by atoms with E-state index in [-0.39, 0.29) is 0 Å². The Kier molecular flexibility index (Phi) is 4.50. The Morgan fingerprint density at radius 1 is 1.50 bits per heavy atom. The summed E-state index contributed by atoms with van der Waals surface area (Å²) in [5.41, 5.74) is 0. The zero-order valence-corrected chi connectivity index (χ0v) is 8.49. The fraction of sp³-hybridized carbons (Fsp3) is 0.714. The summed E-state index contributed by atoms with van der Waals surface area (Å²) in [4.78, 5) is 0. The quantitative estimate of drug-likeness (QED) is 0.695. The van der Waals surface area contributed by atoms with Gasteiger partial charge in [-0.1, -0.05) is 24.7 Å². The summed E-state index contributed by atoms with van der Waals surface area (Å²) in [6.07, 6.45) is 2.24. The predicted molar refractivity (Wildman–Crippen MR) is 49.5 cm³/mol. The highest BCUT2D eigenvalue weighted by Gasteiger charge is 2.00. The molecule has 3 nitrogen and oxygen atoms in total. The lowest BCUT2D eigenvalue weighted by molar-refractivity contribution is 0.117. The first-order valence-electron chi connectivity index (χ1n) is 3.88. The Hall–Kier alpha value is -0.190. The molecule has 0 spiro atoms. The molecule has 0 aliphatic carbocycles. The molecule has 1 rings (SSSR count). The molecule has 0 aliphatic rings. The minimum atomic E-state index is 0.476. The number of rotatable bonds is 5. The van der Waals surface area contributed by atoms with Crippen molar-refractivity contribution >= 4 is 22.9 Å². The van der Waals surface area contributed by atoms with E-state index in [1.54, 1.807) is 0 Å². The van der Waals surface area contributed by atoms with Gasteiger partial charge in [0.1, 0.15) is 11.6 Å². The largest absolute Gasteiger partial charge is 0.374 e. The van der Waals surface area contributed by atoms with Crippen LogP contribution in [0.25, 0.3) is 0 Å². The van der Waals surface area contributed by atoms with Crippen LogP contribution in [0.5, 0.6) is 0 Å². The predicted octanol–water partition coefficient (Wildman–Crippen LogP) is 2.51. The van der Waals surface area contributed by atoms with E-state index in [9.17, 15) is 0 Å². The van der Waals surface area contributed by atoms with Crippen molar-refractivity contribution in [2.75, 3.05) is 6.61 Å². The van der Waals surface area contributed by atoms with Crippen molar-refractivity contribution in [2.24, 2.45) is 0 Å². The van der Waals surface area contributed by atoms with Gasteiger partial charge in [-0.2, -0.15) is 0 Å². The first-order chi connectivity index (χ1) is 5.83. The molecule has 0 saturated heterocycles. The van der Waals surface area contributed by atoms with Crippen LogP contribution in [0.2, 0.25) is 4.47 Å². The highest BCUT2D eigenvalue weighted by atomic mass is 35.5. The van der Waals surface area contributed by atoms with Crippen LogP contribution in [0, 0.1) is 0 Å². The van der Waals surface area contributed by atoms with Crippen LogP contribution >= 0.6 is 22.9 Å². The summed E-state index contributed by atoms with van der Waals surface area (Å²) in [5, 5.41) is 8.34. The number of unbranched alkanes of at least 4 members (excludes halogenated alkanes) is 1. The van der Waals surface area contributed by atoms with Crippen molar-refractivity contribution < 1.29 is 4.74 Å². The Bertz CT molecular complexity index is 229. The maximum atomic E-state index is 5.59. The molecule has 0 fully saturated rings. The molecule has 12 heavy (non-hydrogen) atoms. The molecule has 0 N–H and O–H groups in total. The van der Waals surface area contributed by atoms with Gasteiger partial charge in [-0.15, -0.1) is 10.2 Å². The maximum Gasteiger partial charge on any atom is 0.207 e. The lowest BCUT2D eigenvalue weighted by atomic mass is 10.4. The van der Waals surface area contributed by atoms with Crippen LogP contribution in [0.3, 0.4) is 0 Å². The Morgan fingerprint density at radius 2 is 2.33 bits per heavy atom. The summed E-state index contributed by atoms with van der Waals surface area (Å²) in [7, 11) is 0. The molecule has 0 aliphatic heterocycles. The Balaban J connectivity index is 2.15. The molecule has 0 unspecified atom stereocenters. The van der Waals surface area contributed by atoms with E-state index in [2.05, 4.69) is 17.1 Å². The molecule has 68 valence electrons. The lowest BCUT2D eigenvalue weighted by Crippen LogP contribution is -1.94. The molecular formula is C7H11ClN2OS. The third-order valence-electron chi connectivity index (χ3n) is 1.31. The molecule has 1 aromatic heterocycles. The molecule has 0 saturated carbocycles. The van der Waals surface area contributed by atoms with E-state index >= 15 is 0 Å². The normalized spacial score (nSPS) is 10.5. The minimum absolute atomic E-state index is 0.476. The SMILES string of the molecule is CCCCOCc1nnc(Cl)s1. The zero-order chi connectivity index (χ0) is 8.81. The summed E-state index contributed by atoms with van der Waals surface area (Å²) >= 11 is 6.95. The average Bonchev–Trinajstić information content (AvgIpc) is 2.45. The second kappa shape index (κ2) is 5.45. The van der Waals surface area contributed by atoms with Crippen molar-refractivity contribution in [3.8, 4) is 0 Å². The number of hydrogen-bond donors (Lipinski definition) is 0. The van der Waals surface area contributed by atoms with Gasteiger partial charge in [0.25, 0.3) is 0 Å². The van der Waals surface area contributed by atoms with Gasteiger partial charge >= 0.3 is 0 Å². The fourth-order valence-electron chi connectivity index (χ4n) is 0.697. The van der Waals surface area contributed by atoms with Crippen LogP contribution in [-0.2, 0) is 11.3 Å². The van der Waals surface area contributed by atoms with Crippen LogP contribution < -0.4 is 0 Å². The molecule has 1 aromatic rings. The first kappa shape index (κ1) is 9.89. The molecular weight excluding hydrogens is 196 g/mol. The fourth-order valence-corrected chi connectivity index (χ4v) is 1.50. The second-order valence-corrected chi connectivity index (χ2v) is 4.00. The highest BCUT2D eigenvalue weighted by molar-refractivity contribution is 7.15. The molecule has 0 atom stereocenters. The summed E-state index contributed by atoms with van der Waals surface area (Å²) in [6.45, 7) is 3.45. The topological polar surface area (TPSA) is 35.0 Å². The third kappa shape index (κ3) is 3.47. The Labute approximate surface area is 80.7 Å². The van der Waals surface area contributed by atoms with Crippen LogP contribution in [-0.4, -0.2) is 16.8 Å². The second-order valence-electron chi connectivity index (χ2n) is 2.35. The molecule has 1 heterocycles. The molecule has 0 amide bonds. The maximum absolute atomic E-state index is 5.59. The van der Waals surface area contributed by atoms with Gasteiger partial charge in [-0.3, -0.25) is 0 Å². The molecule has 0 aromatic carbocycles. The zero-order valence-electron chi connectivity index (χ0n) is 6.92. The van der Waals surface area contributed by atoms with Gasteiger partial charge in [0.2, 0.25) is 4.47 Å². The minimum Gasteiger partial charge on any atom is -0.374 e. The third-order valence-corrected chi connectivity index (χ3v) is 2.30.